The van der Waals surface area contributed by atoms with Crippen LogP contribution in [0.15, 0.2) is 30.5 Å². The molecule has 0 bridgehead atoms. The van der Waals surface area contributed by atoms with Gasteiger partial charge in [0.2, 0.25) is 5.95 Å². The Hall–Kier alpha value is -2.67. The number of rotatable bonds is 4. The number of anilines is 3. The zero-order valence-corrected chi connectivity index (χ0v) is 18.0. The summed E-state index contributed by atoms with van der Waals surface area (Å²) in [4.78, 5) is 14.8. The molecule has 0 amide bonds. The zero-order valence-electron chi connectivity index (χ0n) is 18.0. The Morgan fingerprint density at radius 3 is 2.40 bits per heavy atom. The first kappa shape index (κ1) is 19.3. The van der Waals surface area contributed by atoms with Gasteiger partial charge in [0.05, 0.1) is 11.6 Å². The highest BCUT2D eigenvalue weighted by Gasteiger charge is 2.27. The molecule has 0 aliphatic carbocycles. The van der Waals surface area contributed by atoms with Gasteiger partial charge >= 0.3 is 0 Å². The van der Waals surface area contributed by atoms with Crippen molar-refractivity contribution in [3.8, 4) is 0 Å². The lowest BCUT2D eigenvalue weighted by molar-refractivity contribution is 0.141. The van der Waals surface area contributed by atoms with E-state index in [-0.39, 0.29) is 0 Å². The Balaban J connectivity index is 1.38. The average Bonchev–Trinajstić information content (AvgIpc) is 3.17. The van der Waals surface area contributed by atoms with E-state index >= 15 is 0 Å². The number of nitrogens with zero attached hydrogens (tertiary/aromatic N) is 6. The monoisotopic (exact) mass is 405 g/mol. The van der Waals surface area contributed by atoms with E-state index in [2.05, 4.69) is 51.4 Å². The van der Waals surface area contributed by atoms with Gasteiger partial charge in [-0.25, -0.2) is 0 Å². The lowest BCUT2D eigenvalue weighted by Gasteiger charge is -2.40. The number of hydrogen-bond acceptors (Lipinski definition) is 6. The van der Waals surface area contributed by atoms with Crippen molar-refractivity contribution in [2.24, 2.45) is 7.05 Å². The smallest absolute Gasteiger partial charge is 0.229 e. The molecule has 0 atom stereocenters. The van der Waals surface area contributed by atoms with Gasteiger partial charge in [-0.3, -0.25) is 4.68 Å². The molecule has 7 nitrogen and oxygen atoms in total. The van der Waals surface area contributed by atoms with Crippen molar-refractivity contribution in [2.75, 3.05) is 36.4 Å². The maximum Gasteiger partial charge on any atom is 0.229 e. The van der Waals surface area contributed by atoms with E-state index in [9.17, 15) is 0 Å². The van der Waals surface area contributed by atoms with Crippen LogP contribution in [0.5, 0.6) is 0 Å². The van der Waals surface area contributed by atoms with Gasteiger partial charge in [0.1, 0.15) is 5.82 Å². The second-order valence-electron chi connectivity index (χ2n) is 8.68. The quantitative estimate of drug-likeness (QED) is 0.711. The third-order valence-corrected chi connectivity index (χ3v) is 6.55. The predicted octanol–water partition coefficient (Wildman–Crippen LogP) is 3.87. The summed E-state index contributed by atoms with van der Waals surface area (Å²) in [7, 11) is 1.94. The molecule has 2 aliphatic heterocycles. The fourth-order valence-corrected chi connectivity index (χ4v) is 4.74. The highest BCUT2D eigenvalue weighted by Crippen LogP contribution is 2.28. The van der Waals surface area contributed by atoms with Gasteiger partial charge < -0.3 is 15.1 Å². The summed E-state index contributed by atoms with van der Waals surface area (Å²) in [5, 5.41) is 8.86. The van der Waals surface area contributed by atoms with E-state index in [1.807, 2.05) is 17.9 Å². The van der Waals surface area contributed by atoms with Crippen LogP contribution in [0.2, 0.25) is 0 Å². The van der Waals surface area contributed by atoms with Crippen molar-refractivity contribution >= 4 is 28.5 Å². The van der Waals surface area contributed by atoms with Crippen molar-refractivity contribution in [1.82, 2.24) is 24.6 Å². The van der Waals surface area contributed by atoms with Gasteiger partial charge in [-0.05, 0) is 57.8 Å². The van der Waals surface area contributed by atoms with Gasteiger partial charge in [-0.15, -0.1) is 0 Å². The van der Waals surface area contributed by atoms with Gasteiger partial charge in [0.15, 0.2) is 5.65 Å². The van der Waals surface area contributed by atoms with Gasteiger partial charge in [-0.1, -0.05) is 24.1 Å². The molecular weight excluding hydrogens is 374 g/mol. The van der Waals surface area contributed by atoms with E-state index < -0.39 is 0 Å². The molecule has 2 fully saturated rings. The Bertz CT molecular complexity index is 996. The molecule has 0 unspecified atom stereocenters. The second kappa shape index (κ2) is 8.22. The van der Waals surface area contributed by atoms with Gasteiger partial charge in [0, 0.05) is 31.9 Å². The maximum absolute atomic E-state index is 4.93. The Morgan fingerprint density at radius 1 is 0.933 bits per heavy atom. The molecule has 3 aromatic rings. The second-order valence-corrected chi connectivity index (χ2v) is 8.68. The molecule has 2 aliphatic rings. The Kier molecular flexibility index (Phi) is 5.29. The van der Waals surface area contributed by atoms with Crippen molar-refractivity contribution in [2.45, 2.75) is 45.1 Å². The number of benzene rings is 1. The Morgan fingerprint density at radius 2 is 1.67 bits per heavy atom. The van der Waals surface area contributed by atoms with Crippen molar-refractivity contribution in [1.29, 1.82) is 0 Å². The maximum atomic E-state index is 4.93. The van der Waals surface area contributed by atoms with Crippen LogP contribution in [-0.2, 0) is 7.05 Å². The van der Waals surface area contributed by atoms with Crippen LogP contribution in [0.3, 0.4) is 0 Å². The molecule has 0 radical (unpaired) electrons. The summed E-state index contributed by atoms with van der Waals surface area (Å²) in [6, 6.07) is 9.10. The first-order valence-electron chi connectivity index (χ1n) is 11.2. The topological polar surface area (TPSA) is 62.1 Å². The lowest BCUT2D eigenvalue weighted by Crippen LogP contribution is -2.47. The normalized spacial score (nSPS) is 18.8. The molecule has 0 saturated carbocycles. The minimum Gasteiger partial charge on any atom is -0.341 e. The van der Waals surface area contributed by atoms with Crippen molar-refractivity contribution in [3.05, 3.63) is 36.0 Å². The van der Waals surface area contributed by atoms with Crippen molar-refractivity contribution < 1.29 is 0 Å². The third kappa shape index (κ3) is 3.86. The summed E-state index contributed by atoms with van der Waals surface area (Å²) in [5.74, 6) is 1.63. The van der Waals surface area contributed by atoms with Crippen LogP contribution in [-0.4, -0.2) is 56.9 Å². The number of aryl methyl sites for hydroxylation is 2. The molecule has 1 N–H and O–H groups in total. The molecule has 5 rings (SSSR count). The number of piperidine rings is 2. The Labute approximate surface area is 178 Å². The highest BCUT2D eigenvalue weighted by atomic mass is 15.3. The highest BCUT2D eigenvalue weighted by molar-refractivity contribution is 5.89. The first-order valence-corrected chi connectivity index (χ1v) is 11.2. The lowest BCUT2D eigenvalue weighted by atomic mass is 10.0. The summed E-state index contributed by atoms with van der Waals surface area (Å²) in [6.07, 6.45) is 8.33. The minimum atomic E-state index is 0.715. The fourth-order valence-electron chi connectivity index (χ4n) is 4.74. The van der Waals surface area contributed by atoms with Crippen LogP contribution < -0.4 is 10.2 Å². The molecular formula is C23H31N7. The number of aromatic nitrogens is 4. The zero-order chi connectivity index (χ0) is 20.5. The SMILES string of the molecule is Cc1ccc(Nc2nc(N3CCC(N4CCCCC4)CC3)nc3c2cnn3C)cc1. The van der Waals surface area contributed by atoms with E-state index in [1.54, 1.807) is 0 Å². The van der Waals surface area contributed by atoms with Crippen LogP contribution in [0.4, 0.5) is 17.5 Å². The number of likely N-dealkylation sites (tertiary alicyclic amines) is 1. The minimum absolute atomic E-state index is 0.715. The standard InChI is InChI=1S/C23H31N7/c1-17-6-8-18(9-7-17)25-21-20-16-24-28(2)22(20)27-23(26-21)30-14-10-19(11-15-30)29-12-4-3-5-13-29/h6-9,16,19H,3-5,10-15H2,1-2H3,(H,25,26,27). The van der Waals surface area contributed by atoms with E-state index in [0.29, 0.717) is 6.04 Å². The largest absolute Gasteiger partial charge is 0.341 e. The van der Waals surface area contributed by atoms with Crippen molar-refractivity contribution in [3.63, 3.8) is 0 Å². The molecule has 1 aromatic carbocycles. The first-order chi connectivity index (χ1) is 14.7. The van der Waals surface area contributed by atoms with E-state index in [4.69, 9.17) is 9.97 Å². The van der Waals surface area contributed by atoms with Crippen LogP contribution in [0.25, 0.3) is 11.0 Å². The number of fused-ring (bicyclic) bond motifs is 1. The summed E-state index contributed by atoms with van der Waals surface area (Å²) in [5.41, 5.74) is 3.14. The summed E-state index contributed by atoms with van der Waals surface area (Å²) < 4.78 is 1.83. The third-order valence-electron chi connectivity index (χ3n) is 6.55. The van der Waals surface area contributed by atoms with E-state index in [0.717, 1.165) is 41.6 Å². The molecule has 158 valence electrons. The van der Waals surface area contributed by atoms with Gasteiger partial charge in [0.25, 0.3) is 0 Å². The van der Waals surface area contributed by atoms with Crippen LogP contribution in [0, 0.1) is 6.92 Å². The van der Waals surface area contributed by atoms with Crippen LogP contribution >= 0.6 is 0 Å². The predicted molar refractivity (Wildman–Crippen MR) is 121 cm³/mol. The molecule has 0 spiro atoms. The molecule has 30 heavy (non-hydrogen) atoms. The molecule has 2 saturated heterocycles. The molecule has 2 aromatic heterocycles. The average molecular weight is 406 g/mol. The number of nitrogens with one attached hydrogen (secondary N) is 1. The molecule has 7 heteroatoms. The summed E-state index contributed by atoms with van der Waals surface area (Å²) >= 11 is 0. The summed E-state index contributed by atoms with van der Waals surface area (Å²) in [6.45, 7) is 6.65. The molecule has 4 heterocycles. The van der Waals surface area contributed by atoms with E-state index in [1.165, 1.54) is 50.8 Å². The van der Waals surface area contributed by atoms with Gasteiger partial charge in [-0.2, -0.15) is 15.1 Å². The number of hydrogen-bond donors (Lipinski definition) is 1. The fraction of sp³-hybridized carbons (Fsp3) is 0.522. The van der Waals surface area contributed by atoms with Crippen LogP contribution in [0.1, 0.15) is 37.7 Å².